The average Bonchev–Trinajstić information content (AvgIpc) is 3.20. The number of aromatic nitrogens is 4. The van der Waals surface area contributed by atoms with Crippen LogP contribution in [0.5, 0.6) is 0 Å². The molecule has 4 aliphatic carbocycles. The van der Waals surface area contributed by atoms with Gasteiger partial charge in [0.1, 0.15) is 5.52 Å². The minimum absolute atomic E-state index is 0.0331. The van der Waals surface area contributed by atoms with E-state index in [1.807, 2.05) is 17.6 Å². The van der Waals surface area contributed by atoms with Gasteiger partial charge in [0.15, 0.2) is 5.65 Å². The molecule has 196 valence electrons. The molecule has 5 aliphatic rings. The summed E-state index contributed by atoms with van der Waals surface area (Å²) in [4.78, 5) is 18.5. The lowest BCUT2D eigenvalue weighted by Crippen LogP contribution is -2.51. The Labute approximate surface area is 215 Å². The van der Waals surface area contributed by atoms with Gasteiger partial charge in [-0.25, -0.2) is 8.42 Å². The van der Waals surface area contributed by atoms with E-state index in [0.717, 1.165) is 24.8 Å². The van der Waals surface area contributed by atoms with Crippen LogP contribution in [0.15, 0.2) is 23.1 Å². The Kier molecular flexibility index (Phi) is 5.36. The normalized spacial score (nSPS) is 29.8. The number of rotatable bonds is 5. The minimum atomic E-state index is -3.65. The Hall–Kier alpha value is -2.63. The van der Waals surface area contributed by atoms with Gasteiger partial charge >= 0.3 is 0 Å². The van der Waals surface area contributed by atoms with Crippen LogP contribution in [0.3, 0.4) is 0 Å². The van der Waals surface area contributed by atoms with E-state index in [9.17, 15) is 13.2 Å². The molecule has 11 heteroatoms. The number of benzene rings is 1. The second-order valence-corrected chi connectivity index (χ2v) is 13.3. The molecule has 10 nitrogen and oxygen atoms in total. The van der Waals surface area contributed by atoms with Crippen molar-refractivity contribution < 1.29 is 17.9 Å². The van der Waals surface area contributed by atoms with E-state index in [2.05, 4.69) is 15.5 Å². The Balaban J connectivity index is 1.23. The zero-order chi connectivity index (χ0) is 25.4. The fraction of sp³-hybridized carbons (Fsp3) is 0.615. The summed E-state index contributed by atoms with van der Waals surface area (Å²) in [5, 5.41) is 12.4. The minimum Gasteiger partial charge on any atom is -0.379 e. The number of anilines is 1. The summed E-state index contributed by atoms with van der Waals surface area (Å²) in [7, 11) is -3.65. The number of nitrogens with one attached hydrogen (secondary N) is 1. The van der Waals surface area contributed by atoms with Gasteiger partial charge in [0.05, 0.1) is 29.0 Å². The predicted molar refractivity (Wildman–Crippen MR) is 137 cm³/mol. The summed E-state index contributed by atoms with van der Waals surface area (Å²) in [6.07, 6.45) is 6.73. The quantitative estimate of drug-likeness (QED) is 0.544. The molecule has 2 aromatic heterocycles. The summed E-state index contributed by atoms with van der Waals surface area (Å²) in [5.74, 6) is 2.26. The van der Waals surface area contributed by atoms with Gasteiger partial charge in [-0.05, 0) is 81.4 Å². The first kappa shape index (κ1) is 23.5. The van der Waals surface area contributed by atoms with E-state index in [-0.39, 0.29) is 22.2 Å². The van der Waals surface area contributed by atoms with Crippen molar-refractivity contribution in [2.24, 2.45) is 23.2 Å². The second kappa shape index (κ2) is 8.44. The van der Waals surface area contributed by atoms with Crippen LogP contribution < -0.4 is 5.32 Å². The lowest BCUT2D eigenvalue weighted by atomic mass is 9.49. The fourth-order valence-corrected chi connectivity index (χ4v) is 9.26. The molecule has 1 N–H and O–H groups in total. The number of carbonyl (C=O) groups is 1. The molecule has 3 aromatic rings. The van der Waals surface area contributed by atoms with E-state index in [1.54, 1.807) is 12.1 Å². The molecular weight excluding hydrogens is 492 g/mol. The van der Waals surface area contributed by atoms with Gasteiger partial charge in [0, 0.05) is 25.0 Å². The molecule has 0 radical (unpaired) electrons. The SMILES string of the molecule is CCn1c2ccc(S(=O)(=O)N3CCOCC3)cc2c2nnc(NC(=O)C34CC5CC(CC(C5)C3)C4)nc21. The van der Waals surface area contributed by atoms with Crippen molar-refractivity contribution in [3.8, 4) is 0 Å². The molecule has 3 heterocycles. The van der Waals surface area contributed by atoms with Crippen molar-refractivity contribution in [1.82, 2.24) is 24.1 Å². The van der Waals surface area contributed by atoms with Crippen molar-refractivity contribution in [2.75, 3.05) is 31.6 Å². The lowest BCUT2D eigenvalue weighted by molar-refractivity contribution is -0.140. The number of carbonyl (C=O) groups excluding carboxylic acids is 1. The Morgan fingerprint density at radius 1 is 1.08 bits per heavy atom. The highest BCUT2D eigenvalue weighted by molar-refractivity contribution is 7.89. The molecule has 1 aromatic carbocycles. The van der Waals surface area contributed by atoms with Crippen LogP contribution in [0.4, 0.5) is 5.95 Å². The summed E-state index contributed by atoms with van der Waals surface area (Å²) < 4.78 is 35.3. The standard InChI is InChI=1S/C26H32N6O4S/c1-2-32-21-4-3-19(37(34,35)31-5-7-36-8-6-31)12-20(21)22-23(32)27-25(30-29-22)28-24(33)26-13-16-9-17(14-26)11-18(10-16)15-26/h3-4,12,16-18H,2,5-11,13-15H2,1H3,(H,27,28,30,33). The number of aryl methyl sites for hydroxylation is 1. The first-order valence-electron chi connectivity index (χ1n) is 13.4. The van der Waals surface area contributed by atoms with Crippen molar-refractivity contribution >= 4 is 43.9 Å². The molecule has 1 aliphatic heterocycles. The summed E-state index contributed by atoms with van der Waals surface area (Å²) in [6.45, 7) is 4.09. The second-order valence-electron chi connectivity index (χ2n) is 11.4. The Morgan fingerprint density at radius 3 is 2.41 bits per heavy atom. The third kappa shape index (κ3) is 3.69. The summed E-state index contributed by atoms with van der Waals surface area (Å²) in [5.41, 5.74) is 1.66. The molecule has 4 saturated carbocycles. The van der Waals surface area contributed by atoms with E-state index in [1.165, 1.54) is 23.6 Å². The molecular formula is C26H32N6O4S. The van der Waals surface area contributed by atoms with Gasteiger partial charge in [-0.3, -0.25) is 10.1 Å². The number of sulfonamides is 1. The molecule has 1 amide bonds. The number of amides is 1. The highest BCUT2D eigenvalue weighted by Gasteiger charge is 2.54. The smallest absolute Gasteiger partial charge is 0.251 e. The third-order valence-corrected chi connectivity index (χ3v) is 11.0. The van der Waals surface area contributed by atoms with Crippen molar-refractivity contribution in [3.05, 3.63) is 18.2 Å². The lowest BCUT2D eigenvalue weighted by Gasteiger charge is -2.55. The topological polar surface area (TPSA) is 119 Å². The molecule has 0 atom stereocenters. The largest absolute Gasteiger partial charge is 0.379 e. The Morgan fingerprint density at radius 2 is 1.76 bits per heavy atom. The van der Waals surface area contributed by atoms with Gasteiger partial charge in [0.25, 0.3) is 5.95 Å². The average molecular weight is 525 g/mol. The van der Waals surface area contributed by atoms with Crippen molar-refractivity contribution in [1.29, 1.82) is 0 Å². The fourth-order valence-electron chi connectivity index (χ4n) is 7.83. The molecule has 0 unspecified atom stereocenters. The maximum Gasteiger partial charge on any atom is 0.251 e. The van der Waals surface area contributed by atoms with E-state index >= 15 is 0 Å². The van der Waals surface area contributed by atoms with E-state index in [0.29, 0.717) is 67.2 Å². The third-order valence-electron chi connectivity index (χ3n) is 9.11. The van der Waals surface area contributed by atoms with Crippen molar-refractivity contribution in [3.63, 3.8) is 0 Å². The number of hydrogen-bond donors (Lipinski definition) is 1. The predicted octanol–water partition coefficient (Wildman–Crippen LogP) is 3.18. The zero-order valence-electron chi connectivity index (χ0n) is 21.0. The van der Waals surface area contributed by atoms with Crippen LogP contribution in [0.25, 0.3) is 22.1 Å². The monoisotopic (exact) mass is 524 g/mol. The molecule has 1 saturated heterocycles. The molecule has 5 fully saturated rings. The molecule has 0 spiro atoms. The van der Waals surface area contributed by atoms with Crippen LogP contribution in [0.2, 0.25) is 0 Å². The van der Waals surface area contributed by atoms with E-state index < -0.39 is 10.0 Å². The van der Waals surface area contributed by atoms with Gasteiger partial charge < -0.3 is 9.30 Å². The summed E-state index contributed by atoms with van der Waals surface area (Å²) >= 11 is 0. The van der Waals surface area contributed by atoms with Gasteiger partial charge in [-0.1, -0.05) is 0 Å². The van der Waals surface area contributed by atoms with Crippen molar-refractivity contribution in [2.45, 2.75) is 56.9 Å². The molecule has 8 rings (SSSR count). The van der Waals surface area contributed by atoms with Gasteiger partial charge in [-0.15, -0.1) is 10.2 Å². The van der Waals surface area contributed by atoms with Crippen LogP contribution in [-0.4, -0.2) is 64.7 Å². The van der Waals surface area contributed by atoms with Crippen LogP contribution in [-0.2, 0) is 26.1 Å². The zero-order valence-corrected chi connectivity index (χ0v) is 21.8. The maximum absolute atomic E-state index is 13.5. The highest BCUT2D eigenvalue weighted by atomic mass is 32.2. The molecule has 37 heavy (non-hydrogen) atoms. The highest BCUT2D eigenvalue weighted by Crippen LogP contribution is 2.60. The number of hydrogen-bond acceptors (Lipinski definition) is 7. The Bertz CT molecular complexity index is 1470. The molecule has 4 bridgehead atoms. The number of morpholine rings is 1. The first-order valence-corrected chi connectivity index (χ1v) is 14.9. The number of nitrogens with zero attached hydrogens (tertiary/aromatic N) is 5. The number of ether oxygens (including phenoxy) is 1. The van der Waals surface area contributed by atoms with Gasteiger partial charge in [0.2, 0.25) is 15.9 Å². The van der Waals surface area contributed by atoms with E-state index in [4.69, 9.17) is 9.72 Å². The summed E-state index contributed by atoms with van der Waals surface area (Å²) in [6, 6.07) is 5.11. The van der Waals surface area contributed by atoms with Crippen LogP contribution in [0.1, 0.15) is 45.4 Å². The van der Waals surface area contributed by atoms with Gasteiger partial charge in [-0.2, -0.15) is 9.29 Å². The van der Waals surface area contributed by atoms with Crippen LogP contribution in [0, 0.1) is 23.2 Å². The first-order chi connectivity index (χ1) is 17.9. The number of fused-ring (bicyclic) bond motifs is 3. The van der Waals surface area contributed by atoms with Crippen LogP contribution >= 0.6 is 0 Å². The maximum atomic E-state index is 13.5.